The Hall–Kier alpha value is -1.92. The summed E-state index contributed by atoms with van der Waals surface area (Å²) in [6.45, 7) is 5.55. The SMILES string of the molecule is CCCn1nncc1C(NN)c1ccc(OCC)cc1. The number of aromatic nitrogens is 3. The van der Waals surface area contributed by atoms with Crippen molar-refractivity contribution in [3.8, 4) is 5.75 Å². The molecule has 6 heteroatoms. The zero-order valence-electron chi connectivity index (χ0n) is 11.9. The molecule has 1 heterocycles. The fraction of sp³-hybridized carbons (Fsp3) is 0.429. The molecular weight excluding hydrogens is 254 g/mol. The fourth-order valence-corrected chi connectivity index (χ4v) is 2.15. The minimum Gasteiger partial charge on any atom is -0.494 e. The molecule has 6 nitrogen and oxygen atoms in total. The molecule has 0 amide bonds. The van der Waals surface area contributed by atoms with Gasteiger partial charge in [0.2, 0.25) is 0 Å². The molecule has 0 aliphatic rings. The zero-order chi connectivity index (χ0) is 14.4. The van der Waals surface area contributed by atoms with Gasteiger partial charge < -0.3 is 4.74 Å². The Balaban J connectivity index is 2.24. The Morgan fingerprint density at radius 3 is 2.65 bits per heavy atom. The number of aryl methyl sites for hydroxylation is 1. The first kappa shape index (κ1) is 14.5. The summed E-state index contributed by atoms with van der Waals surface area (Å²) in [6, 6.07) is 7.75. The van der Waals surface area contributed by atoms with Gasteiger partial charge in [-0.1, -0.05) is 24.3 Å². The third kappa shape index (κ3) is 3.15. The summed E-state index contributed by atoms with van der Waals surface area (Å²) in [6.07, 6.45) is 2.74. The molecule has 0 fully saturated rings. The van der Waals surface area contributed by atoms with Crippen molar-refractivity contribution < 1.29 is 4.74 Å². The summed E-state index contributed by atoms with van der Waals surface area (Å²) in [5.74, 6) is 6.56. The molecule has 1 aromatic carbocycles. The third-order valence-corrected chi connectivity index (χ3v) is 3.07. The second-order valence-electron chi connectivity index (χ2n) is 4.48. The highest BCUT2D eigenvalue weighted by Gasteiger charge is 2.17. The van der Waals surface area contributed by atoms with Crippen LogP contribution < -0.4 is 16.0 Å². The van der Waals surface area contributed by atoms with Crippen LogP contribution in [0.15, 0.2) is 30.5 Å². The molecule has 0 aliphatic carbocycles. The van der Waals surface area contributed by atoms with Gasteiger partial charge in [-0.05, 0) is 31.0 Å². The number of hydrogen-bond acceptors (Lipinski definition) is 5. The lowest BCUT2D eigenvalue weighted by molar-refractivity contribution is 0.340. The minimum absolute atomic E-state index is 0.132. The molecule has 0 saturated carbocycles. The summed E-state index contributed by atoms with van der Waals surface area (Å²) in [4.78, 5) is 0. The van der Waals surface area contributed by atoms with Gasteiger partial charge in [0.25, 0.3) is 0 Å². The van der Waals surface area contributed by atoms with Crippen LogP contribution in [0.3, 0.4) is 0 Å². The first-order valence-electron chi connectivity index (χ1n) is 6.87. The van der Waals surface area contributed by atoms with Crippen LogP contribution in [-0.2, 0) is 6.54 Å². The van der Waals surface area contributed by atoms with E-state index in [1.807, 2.05) is 35.9 Å². The van der Waals surface area contributed by atoms with E-state index in [9.17, 15) is 0 Å². The lowest BCUT2D eigenvalue weighted by atomic mass is 10.0. The molecule has 2 rings (SSSR count). The first-order chi connectivity index (χ1) is 9.80. The molecular formula is C14H21N5O. The molecule has 108 valence electrons. The Morgan fingerprint density at radius 1 is 1.30 bits per heavy atom. The topological polar surface area (TPSA) is 78.0 Å². The van der Waals surface area contributed by atoms with Gasteiger partial charge in [-0.3, -0.25) is 5.84 Å². The number of nitrogens with zero attached hydrogens (tertiary/aromatic N) is 3. The lowest BCUT2D eigenvalue weighted by Crippen LogP contribution is -2.30. The Kier molecular flexibility index (Phi) is 5.09. The zero-order valence-corrected chi connectivity index (χ0v) is 11.9. The monoisotopic (exact) mass is 275 g/mol. The second kappa shape index (κ2) is 7.02. The van der Waals surface area contributed by atoms with Crippen LogP contribution in [0.2, 0.25) is 0 Å². The van der Waals surface area contributed by atoms with Crippen molar-refractivity contribution >= 4 is 0 Å². The number of hydrazine groups is 1. The number of rotatable bonds is 7. The van der Waals surface area contributed by atoms with Crippen molar-refractivity contribution in [2.24, 2.45) is 5.84 Å². The lowest BCUT2D eigenvalue weighted by Gasteiger charge is -2.17. The van der Waals surface area contributed by atoms with E-state index in [4.69, 9.17) is 10.6 Å². The molecule has 1 unspecified atom stereocenters. The van der Waals surface area contributed by atoms with Crippen molar-refractivity contribution in [1.82, 2.24) is 20.4 Å². The first-order valence-corrected chi connectivity index (χ1v) is 6.87. The molecule has 0 aliphatic heterocycles. The molecule has 0 bridgehead atoms. The molecule has 20 heavy (non-hydrogen) atoms. The summed E-state index contributed by atoms with van der Waals surface area (Å²) >= 11 is 0. The maximum atomic E-state index is 5.71. The van der Waals surface area contributed by atoms with Gasteiger partial charge in [0.05, 0.1) is 24.5 Å². The largest absolute Gasteiger partial charge is 0.494 e. The summed E-state index contributed by atoms with van der Waals surface area (Å²) in [5.41, 5.74) is 4.84. The van der Waals surface area contributed by atoms with Crippen LogP contribution in [-0.4, -0.2) is 21.6 Å². The highest BCUT2D eigenvalue weighted by atomic mass is 16.5. The van der Waals surface area contributed by atoms with E-state index in [2.05, 4.69) is 22.7 Å². The van der Waals surface area contributed by atoms with Crippen molar-refractivity contribution in [1.29, 1.82) is 0 Å². The van der Waals surface area contributed by atoms with Gasteiger partial charge in [0.15, 0.2) is 0 Å². The van der Waals surface area contributed by atoms with Gasteiger partial charge in [-0.2, -0.15) is 0 Å². The fourth-order valence-electron chi connectivity index (χ4n) is 2.15. The summed E-state index contributed by atoms with van der Waals surface area (Å²) in [7, 11) is 0. The van der Waals surface area contributed by atoms with Crippen molar-refractivity contribution in [3.63, 3.8) is 0 Å². The number of ether oxygens (including phenoxy) is 1. The maximum Gasteiger partial charge on any atom is 0.119 e. The second-order valence-corrected chi connectivity index (χ2v) is 4.48. The van der Waals surface area contributed by atoms with Gasteiger partial charge >= 0.3 is 0 Å². The number of benzene rings is 1. The summed E-state index contributed by atoms with van der Waals surface area (Å²) in [5, 5.41) is 8.07. The molecule has 3 N–H and O–H groups in total. The molecule has 0 spiro atoms. The van der Waals surface area contributed by atoms with E-state index >= 15 is 0 Å². The third-order valence-electron chi connectivity index (χ3n) is 3.07. The molecule has 1 atom stereocenters. The van der Waals surface area contributed by atoms with Crippen LogP contribution in [0.25, 0.3) is 0 Å². The van der Waals surface area contributed by atoms with Crippen LogP contribution in [0, 0.1) is 0 Å². The van der Waals surface area contributed by atoms with Crippen LogP contribution in [0.1, 0.15) is 37.6 Å². The van der Waals surface area contributed by atoms with Crippen molar-refractivity contribution in [3.05, 3.63) is 41.7 Å². The maximum absolute atomic E-state index is 5.71. The predicted octanol–water partition coefficient (Wildman–Crippen LogP) is 1.64. The van der Waals surface area contributed by atoms with E-state index in [1.54, 1.807) is 6.20 Å². The van der Waals surface area contributed by atoms with Gasteiger partial charge in [-0.15, -0.1) is 5.10 Å². The average molecular weight is 275 g/mol. The molecule has 0 radical (unpaired) electrons. The Bertz CT molecular complexity index is 523. The molecule has 0 saturated heterocycles. The van der Waals surface area contributed by atoms with Crippen LogP contribution in [0.4, 0.5) is 0 Å². The van der Waals surface area contributed by atoms with Crippen molar-refractivity contribution in [2.75, 3.05) is 6.61 Å². The van der Waals surface area contributed by atoms with Gasteiger partial charge in [0.1, 0.15) is 5.75 Å². The quantitative estimate of drug-likeness (QED) is 0.593. The van der Waals surface area contributed by atoms with Crippen LogP contribution >= 0.6 is 0 Å². The van der Waals surface area contributed by atoms with E-state index in [0.717, 1.165) is 30.0 Å². The highest BCUT2D eigenvalue weighted by molar-refractivity contribution is 5.32. The highest BCUT2D eigenvalue weighted by Crippen LogP contribution is 2.23. The molecule has 2 aromatic rings. The standard InChI is InChI=1S/C14H21N5O/c1-3-9-19-13(10-16-18-19)14(17-15)11-5-7-12(8-6-11)20-4-2/h5-8,10,14,17H,3-4,9,15H2,1-2H3. The number of hydrogen-bond donors (Lipinski definition) is 2. The van der Waals surface area contributed by atoms with E-state index in [0.29, 0.717) is 6.61 Å². The Labute approximate surface area is 118 Å². The summed E-state index contributed by atoms with van der Waals surface area (Å²) < 4.78 is 7.32. The van der Waals surface area contributed by atoms with E-state index < -0.39 is 0 Å². The van der Waals surface area contributed by atoms with Gasteiger partial charge in [0, 0.05) is 6.54 Å². The van der Waals surface area contributed by atoms with Gasteiger partial charge in [-0.25, -0.2) is 10.1 Å². The van der Waals surface area contributed by atoms with Crippen LogP contribution in [0.5, 0.6) is 5.75 Å². The average Bonchev–Trinajstić information content (AvgIpc) is 2.91. The smallest absolute Gasteiger partial charge is 0.119 e. The van der Waals surface area contributed by atoms with E-state index in [1.165, 1.54) is 0 Å². The molecule has 1 aromatic heterocycles. The number of nitrogens with two attached hydrogens (primary N) is 1. The van der Waals surface area contributed by atoms with Crippen molar-refractivity contribution in [2.45, 2.75) is 32.9 Å². The Morgan fingerprint density at radius 2 is 2.05 bits per heavy atom. The number of nitrogens with one attached hydrogen (secondary N) is 1. The minimum atomic E-state index is -0.132. The predicted molar refractivity (Wildman–Crippen MR) is 77.1 cm³/mol. The van der Waals surface area contributed by atoms with E-state index in [-0.39, 0.29) is 6.04 Å². The normalized spacial score (nSPS) is 12.3.